The minimum atomic E-state index is -0.622. The van der Waals surface area contributed by atoms with E-state index in [2.05, 4.69) is 164 Å². The van der Waals surface area contributed by atoms with Crippen LogP contribution in [0.3, 0.4) is 0 Å². The molecule has 0 fully saturated rings. The van der Waals surface area contributed by atoms with Crippen LogP contribution in [-0.2, 0) is 5.41 Å². The molecule has 3 heterocycles. The topological polar surface area (TPSA) is 60.8 Å². The van der Waals surface area contributed by atoms with Crippen LogP contribution < -0.4 is 4.74 Å². The van der Waals surface area contributed by atoms with Crippen LogP contribution in [0.15, 0.2) is 188 Å². The summed E-state index contributed by atoms with van der Waals surface area (Å²) >= 11 is 0. The molecule has 0 N–H and O–H groups in total. The van der Waals surface area contributed by atoms with E-state index < -0.39 is 5.41 Å². The zero-order valence-electron chi connectivity index (χ0n) is 31.1. The lowest BCUT2D eigenvalue weighted by Gasteiger charge is -2.39. The van der Waals surface area contributed by atoms with Crippen molar-refractivity contribution in [3.63, 3.8) is 0 Å². The molecule has 5 nitrogen and oxygen atoms in total. The highest BCUT2D eigenvalue weighted by Gasteiger charge is 2.51. The van der Waals surface area contributed by atoms with Crippen molar-refractivity contribution >= 4 is 0 Å². The van der Waals surface area contributed by atoms with Gasteiger partial charge in [0.25, 0.3) is 0 Å². The van der Waals surface area contributed by atoms with Crippen LogP contribution in [0.2, 0.25) is 0 Å². The predicted molar refractivity (Wildman–Crippen MR) is 227 cm³/mol. The maximum absolute atomic E-state index is 6.63. The Morgan fingerprint density at radius 2 is 0.965 bits per heavy atom. The molecular weight excluding hydrogens is 697 g/mol. The summed E-state index contributed by atoms with van der Waals surface area (Å²) in [5.74, 6) is 3.54. The third-order valence-corrected chi connectivity index (χ3v) is 11.4. The fraction of sp³-hybridized carbons (Fsp3) is 0.0385. The van der Waals surface area contributed by atoms with Gasteiger partial charge in [-0.25, -0.2) is 15.0 Å². The molecule has 2 aliphatic rings. The van der Waals surface area contributed by atoms with Crippen LogP contribution in [0.5, 0.6) is 11.5 Å². The summed E-state index contributed by atoms with van der Waals surface area (Å²) in [6.45, 7) is 2.12. The number of para-hydroxylation sites is 2. The lowest BCUT2D eigenvalue weighted by molar-refractivity contribution is 0.436. The summed E-state index contributed by atoms with van der Waals surface area (Å²) in [7, 11) is 0. The van der Waals surface area contributed by atoms with Gasteiger partial charge >= 0.3 is 0 Å². The van der Waals surface area contributed by atoms with Crippen LogP contribution >= 0.6 is 0 Å². The largest absolute Gasteiger partial charge is 0.457 e. The molecule has 1 spiro atoms. The molecule has 0 bridgehead atoms. The predicted octanol–water partition coefficient (Wildman–Crippen LogP) is 12.4. The Hall–Kier alpha value is -7.50. The Bertz CT molecular complexity index is 2970. The van der Waals surface area contributed by atoms with E-state index in [1.807, 2.05) is 36.7 Å². The summed E-state index contributed by atoms with van der Waals surface area (Å²) in [5.41, 5.74) is 14.5. The first-order valence-corrected chi connectivity index (χ1v) is 19.2. The van der Waals surface area contributed by atoms with Gasteiger partial charge in [-0.15, -0.1) is 0 Å². The number of pyridine rings is 1. The molecule has 9 aromatic rings. The molecule has 0 amide bonds. The molecule has 1 aliphatic heterocycles. The molecular formula is C52H34N4O. The van der Waals surface area contributed by atoms with Gasteiger partial charge in [-0.3, -0.25) is 4.98 Å². The van der Waals surface area contributed by atoms with E-state index in [0.717, 1.165) is 72.7 Å². The fourth-order valence-corrected chi connectivity index (χ4v) is 8.89. The Kier molecular flexibility index (Phi) is 7.54. The van der Waals surface area contributed by atoms with Crippen molar-refractivity contribution in [2.75, 3.05) is 0 Å². The average molecular weight is 731 g/mol. The summed E-state index contributed by atoms with van der Waals surface area (Å²) in [6.07, 6.45) is 3.80. The van der Waals surface area contributed by atoms with E-state index >= 15 is 0 Å². The Morgan fingerprint density at radius 3 is 1.68 bits per heavy atom. The first-order valence-electron chi connectivity index (χ1n) is 19.2. The third-order valence-electron chi connectivity index (χ3n) is 11.4. The van der Waals surface area contributed by atoms with Crippen molar-refractivity contribution in [2.24, 2.45) is 0 Å². The number of aromatic nitrogens is 4. The lowest BCUT2D eigenvalue weighted by atomic mass is 9.65. The van der Waals surface area contributed by atoms with Crippen molar-refractivity contribution in [1.82, 2.24) is 19.9 Å². The number of fused-ring (bicyclic) bond motifs is 9. The number of nitrogens with zero attached hydrogens (tertiary/aromatic N) is 4. The number of rotatable bonds is 5. The number of benzene rings is 7. The number of ether oxygens (including phenoxy) is 1. The molecule has 0 unspecified atom stereocenters. The van der Waals surface area contributed by atoms with Crippen molar-refractivity contribution < 1.29 is 4.74 Å². The van der Waals surface area contributed by atoms with Crippen LogP contribution in [0.25, 0.3) is 67.5 Å². The molecule has 5 heteroatoms. The van der Waals surface area contributed by atoms with Crippen molar-refractivity contribution in [2.45, 2.75) is 12.3 Å². The van der Waals surface area contributed by atoms with Crippen molar-refractivity contribution in [3.05, 3.63) is 216 Å². The highest BCUT2D eigenvalue weighted by molar-refractivity contribution is 5.95. The van der Waals surface area contributed by atoms with Crippen LogP contribution in [0.4, 0.5) is 0 Å². The van der Waals surface area contributed by atoms with Gasteiger partial charge in [0, 0.05) is 40.2 Å². The third kappa shape index (κ3) is 5.16. The normalized spacial score (nSPS) is 12.9. The van der Waals surface area contributed by atoms with E-state index in [1.54, 1.807) is 0 Å². The molecule has 0 saturated heterocycles. The summed E-state index contributed by atoms with van der Waals surface area (Å²) in [6, 6.07) is 61.6. The summed E-state index contributed by atoms with van der Waals surface area (Å²) in [5, 5.41) is 0. The Labute approximate surface area is 331 Å². The zero-order chi connectivity index (χ0) is 37.9. The number of hydrogen-bond acceptors (Lipinski definition) is 5. The fourth-order valence-electron chi connectivity index (χ4n) is 8.89. The van der Waals surface area contributed by atoms with E-state index in [4.69, 9.17) is 19.7 Å². The van der Waals surface area contributed by atoms with Crippen molar-refractivity contribution in [1.29, 1.82) is 0 Å². The summed E-state index contributed by atoms with van der Waals surface area (Å²) in [4.78, 5) is 20.3. The van der Waals surface area contributed by atoms with Crippen LogP contribution in [-0.4, -0.2) is 19.9 Å². The van der Waals surface area contributed by atoms with Gasteiger partial charge in [-0.05, 0) is 93.4 Å². The SMILES string of the molecule is Cc1cnccc1-c1cc2c(cc1-c1nc(-c3ccccc3)nc(-c3cccc(-c4ccccc4)c3)n1)-c1ccccc1C21c2ccccc2Oc2ccccc21. The first-order chi connectivity index (χ1) is 28.2. The van der Waals surface area contributed by atoms with Crippen LogP contribution in [0.1, 0.15) is 27.8 Å². The smallest absolute Gasteiger partial charge is 0.164 e. The molecule has 268 valence electrons. The molecule has 0 saturated carbocycles. The second-order valence-electron chi connectivity index (χ2n) is 14.6. The van der Waals surface area contributed by atoms with Gasteiger partial charge in [0.15, 0.2) is 17.5 Å². The maximum Gasteiger partial charge on any atom is 0.164 e. The minimum Gasteiger partial charge on any atom is -0.457 e. The molecule has 0 atom stereocenters. The molecule has 2 aromatic heterocycles. The first kappa shape index (κ1) is 32.9. The van der Waals surface area contributed by atoms with Crippen molar-refractivity contribution in [3.8, 4) is 79.0 Å². The van der Waals surface area contributed by atoms with E-state index in [9.17, 15) is 0 Å². The number of aryl methyl sites for hydroxylation is 1. The van der Waals surface area contributed by atoms with E-state index in [-0.39, 0.29) is 0 Å². The zero-order valence-corrected chi connectivity index (χ0v) is 31.1. The van der Waals surface area contributed by atoms with Crippen LogP contribution in [0, 0.1) is 6.92 Å². The van der Waals surface area contributed by atoms with Gasteiger partial charge in [0.2, 0.25) is 0 Å². The maximum atomic E-state index is 6.63. The number of hydrogen-bond donors (Lipinski definition) is 0. The van der Waals surface area contributed by atoms with Gasteiger partial charge < -0.3 is 4.74 Å². The standard InChI is InChI=1S/C52H34N4O/c1-33-32-53-28-27-38(33)40-31-46-41(39-21-8-9-22-43(39)52(46)44-23-10-12-25-47(44)57-48-26-13-11-24-45(48)52)30-42(40)51-55-49(35-17-6-3-7-18-35)54-50(56-51)37-20-14-19-36(29-37)34-15-4-2-5-16-34/h2-32H,1H3. The van der Waals surface area contributed by atoms with Gasteiger partial charge in [0.1, 0.15) is 11.5 Å². The lowest BCUT2D eigenvalue weighted by Crippen LogP contribution is -2.32. The van der Waals surface area contributed by atoms with Gasteiger partial charge in [0.05, 0.1) is 5.41 Å². The highest BCUT2D eigenvalue weighted by atomic mass is 16.5. The molecule has 11 rings (SSSR count). The molecule has 57 heavy (non-hydrogen) atoms. The van der Waals surface area contributed by atoms with Gasteiger partial charge in [-0.2, -0.15) is 0 Å². The summed E-state index contributed by atoms with van der Waals surface area (Å²) < 4.78 is 6.63. The van der Waals surface area contributed by atoms with E-state index in [1.165, 1.54) is 16.7 Å². The second-order valence-corrected chi connectivity index (χ2v) is 14.6. The Morgan fingerprint density at radius 1 is 0.386 bits per heavy atom. The highest BCUT2D eigenvalue weighted by Crippen LogP contribution is 2.63. The quantitative estimate of drug-likeness (QED) is 0.176. The minimum absolute atomic E-state index is 0.601. The average Bonchev–Trinajstić information content (AvgIpc) is 3.56. The van der Waals surface area contributed by atoms with Gasteiger partial charge in [-0.1, -0.05) is 140 Å². The second kappa shape index (κ2) is 13.1. The molecule has 0 radical (unpaired) electrons. The molecule has 1 aliphatic carbocycles. The van der Waals surface area contributed by atoms with E-state index in [0.29, 0.717) is 17.5 Å². The Balaban J connectivity index is 1.22. The molecule has 7 aromatic carbocycles. The monoisotopic (exact) mass is 730 g/mol.